The molecule has 0 aliphatic carbocycles. The van der Waals surface area contributed by atoms with E-state index in [0.717, 1.165) is 16.6 Å². The first kappa shape index (κ1) is 26.6. The maximum Gasteiger partial charge on any atom is 0.352 e. The number of carboxylic acid groups (broad SMARTS) is 1. The summed E-state index contributed by atoms with van der Waals surface area (Å²) < 4.78 is 30.2. The van der Waals surface area contributed by atoms with Gasteiger partial charge in [-0.25, -0.2) is 4.79 Å². The Morgan fingerprint density at radius 2 is 1.64 bits per heavy atom. The molecule has 1 unspecified atom stereocenters. The van der Waals surface area contributed by atoms with Crippen LogP contribution in [0.25, 0.3) is 10.9 Å². The molecule has 0 saturated carbocycles. The van der Waals surface area contributed by atoms with Gasteiger partial charge in [-0.15, -0.1) is 0 Å². The number of benzene rings is 3. The number of anilines is 3. The van der Waals surface area contributed by atoms with Crippen LogP contribution in [0.15, 0.2) is 72.8 Å². The Morgan fingerprint density at radius 1 is 0.972 bits per heavy atom. The van der Waals surface area contributed by atoms with Crippen molar-refractivity contribution < 1.29 is 36.4 Å². The molecule has 4 aromatic rings. The number of carbonyl (C=O) groups excluding carboxylic acids is 1. The van der Waals surface area contributed by atoms with Crippen LogP contribution in [0.1, 0.15) is 17.4 Å². The number of nitrogens with one attached hydrogen (secondary N) is 3. The Hall–Kier alpha value is -4.02. The van der Waals surface area contributed by atoms with Gasteiger partial charge in [-0.3, -0.25) is 0 Å². The summed E-state index contributed by atoms with van der Waals surface area (Å²) in [5.41, 5.74) is 2.50. The van der Waals surface area contributed by atoms with Crippen molar-refractivity contribution >= 4 is 58.4 Å². The molecule has 12 heteroatoms. The average Bonchev–Trinajstić information content (AvgIpc) is 3.29. The van der Waals surface area contributed by atoms with E-state index in [2.05, 4.69) is 19.5 Å². The minimum atomic E-state index is -5.11. The second-order valence-corrected chi connectivity index (χ2v) is 11.0. The number of carboxylic acids is 1. The molecule has 1 atom stereocenters. The van der Waals surface area contributed by atoms with Crippen LogP contribution < -0.4 is 19.7 Å². The minimum Gasteiger partial charge on any atom is -0.477 e. The summed E-state index contributed by atoms with van der Waals surface area (Å²) in [5.74, 6) is -0.642. The summed E-state index contributed by atoms with van der Waals surface area (Å²) in [5, 5.41) is 23.8. The quantitative estimate of drug-likeness (QED) is 0.113. The predicted molar refractivity (Wildman–Crippen MR) is 134 cm³/mol. The summed E-state index contributed by atoms with van der Waals surface area (Å²) in [6, 6.07) is 20.5. The van der Waals surface area contributed by atoms with E-state index in [9.17, 15) is 17.4 Å². The van der Waals surface area contributed by atoms with E-state index in [1.54, 1.807) is 37.4 Å². The molecule has 0 aliphatic rings. The number of aromatic nitrogens is 1. The zero-order chi connectivity index (χ0) is 26.3. The normalized spacial score (nSPS) is 12.1. The van der Waals surface area contributed by atoms with E-state index < -0.39 is 26.0 Å². The Kier molecular flexibility index (Phi) is 8.57. The summed E-state index contributed by atoms with van der Waals surface area (Å²) in [6.07, 6.45) is 0. The predicted octanol–water partition coefficient (Wildman–Crippen LogP) is 3.32. The van der Waals surface area contributed by atoms with Crippen molar-refractivity contribution in [2.45, 2.75) is 6.92 Å². The van der Waals surface area contributed by atoms with E-state index >= 15 is 0 Å². The molecule has 36 heavy (non-hydrogen) atoms. The van der Waals surface area contributed by atoms with Gasteiger partial charge in [-0.2, -0.15) is 0 Å². The molecular weight excluding hydrogens is 533 g/mol. The molecule has 0 bridgehead atoms. The number of aromatic amines is 1. The van der Waals surface area contributed by atoms with Gasteiger partial charge >= 0.3 is 147 Å². The van der Waals surface area contributed by atoms with Crippen LogP contribution in [-0.2, 0) is 12.4 Å². The SMILES string of the molecule is COc1ccc(Nc2ccc([As](=O)(O)OO)c(NC(C)=O)c2)cc1.O=C(O)c1cc2ccccc2[nH]1. The van der Waals surface area contributed by atoms with Gasteiger partial charge in [0, 0.05) is 10.9 Å². The molecular formula is C24H24AsN3O8. The molecule has 0 radical (unpaired) electrons. The van der Waals surface area contributed by atoms with E-state index in [1.165, 1.54) is 25.1 Å². The van der Waals surface area contributed by atoms with Gasteiger partial charge in [0.15, 0.2) is 0 Å². The van der Waals surface area contributed by atoms with Crippen LogP contribution >= 0.6 is 0 Å². The topological polar surface area (TPSA) is 170 Å². The third kappa shape index (κ3) is 6.77. The van der Waals surface area contributed by atoms with Gasteiger partial charge in [0.25, 0.3) is 0 Å². The molecule has 1 amide bonds. The smallest absolute Gasteiger partial charge is 0.352 e. The van der Waals surface area contributed by atoms with E-state index in [0.29, 0.717) is 11.4 Å². The molecule has 0 saturated heterocycles. The number of aromatic carboxylic acids is 1. The van der Waals surface area contributed by atoms with Crippen molar-refractivity contribution in [3.8, 4) is 5.75 Å². The standard InChI is InChI=1S/C15H17AsN2O6.C9H7NO2/c1-10(19)17-15-9-12(5-8-14(15)16(20,21)24-22)18-11-3-6-13(23-2)7-4-11;11-9(12)8-5-6-3-1-2-4-7(6)10-8/h3-9,18,22H,1-2H3,(H,17,19)(H,20,21);1-5,10H,(H,11,12). The van der Waals surface area contributed by atoms with Crippen molar-refractivity contribution in [1.82, 2.24) is 4.98 Å². The third-order valence-electron chi connectivity index (χ3n) is 4.86. The number of rotatable bonds is 7. The average molecular weight is 557 g/mol. The largest absolute Gasteiger partial charge is 0.477 e. The first-order valence-electron chi connectivity index (χ1n) is 10.4. The van der Waals surface area contributed by atoms with Crippen LogP contribution in [0.5, 0.6) is 5.75 Å². The van der Waals surface area contributed by atoms with E-state index in [1.807, 2.05) is 24.3 Å². The fourth-order valence-corrected chi connectivity index (χ4v) is 4.85. The maximum atomic E-state index is 11.9. The second kappa shape index (κ2) is 11.6. The molecule has 11 nitrogen and oxygen atoms in total. The molecule has 188 valence electrons. The number of para-hydroxylation sites is 1. The van der Waals surface area contributed by atoms with Crippen LogP contribution in [-0.4, -0.2) is 52.6 Å². The van der Waals surface area contributed by atoms with E-state index in [-0.39, 0.29) is 15.7 Å². The molecule has 0 spiro atoms. The van der Waals surface area contributed by atoms with Crippen molar-refractivity contribution in [3.63, 3.8) is 0 Å². The summed E-state index contributed by atoms with van der Waals surface area (Å²) in [7, 11) is 1.57. The summed E-state index contributed by atoms with van der Waals surface area (Å²) in [4.78, 5) is 24.6. The Balaban J connectivity index is 0.000000249. The zero-order valence-electron chi connectivity index (χ0n) is 19.3. The van der Waals surface area contributed by atoms with E-state index in [4.69, 9.17) is 15.1 Å². The second-order valence-electron chi connectivity index (χ2n) is 7.44. The molecule has 3 aromatic carbocycles. The minimum absolute atomic E-state index is 0.0834. The zero-order valence-corrected chi connectivity index (χ0v) is 21.1. The van der Waals surface area contributed by atoms with Crippen LogP contribution in [0.2, 0.25) is 0 Å². The first-order chi connectivity index (χ1) is 17.1. The number of methoxy groups -OCH3 is 1. The van der Waals surface area contributed by atoms with Gasteiger partial charge in [-0.1, -0.05) is 18.2 Å². The van der Waals surface area contributed by atoms with Gasteiger partial charge in [0.05, 0.1) is 0 Å². The number of amides is 1. The van der Waals surface area contributed by atoms with Crippen molar-refractivity contribution in [2.24, 2.45) is 0 Å². The molecule has 0 fully saturated rings. The maximum absolute atomic E-state index is 11.9. The van der Waals surface area contributed by atoms with Crippen LogP contribution in [0, 0.1) is 0 Å². The first-order valence-corrected chi connectivity index (χ1v) is 13.7. The fourth-order valence-electron chi connectivity index (χ4n) is 3.22. The number of hydrogen-bond acceptors (Lipinski definition) is 7. The number of H-pyrrole nitrogens is 1. The van der Waals surface area contributed by atoms with Crippen LogP contribution in [0.4, 0.5) is 17.1 Å². The fraction of sp³-hybridized carbons (Fsp3) is 0.0833. The Bertz CT molecular complexity index is 1390. The van der Waals surface area contributed by atoms with Crippen molar-refractivity contribution in [2.75, 3.05) is 17.7 Å². The van der Waals surface area contributed by atoms with Crippen molar-refractivity contribution in [3.05, 3.63) is 78.5 Å². The monoisotopic (exact) mass is 557 g/mol. The van der Waals surface area contributed by atoms with Crippen LogP contribution in [0.3, 0.4) is 0 Å². The molecule has 4 rings (SSSR count). The molecule has 6 N–H and O–H groups in total. The number of fused-ring (bicyclic) bond motifs is 1. The summed E-state index contributed by atoms with van der Waals surface area (Å²) in [6.45, 7) is 1.27. The number of carbonyl (C=O) groups is 2. The molecule has 1 aromatic heterocycles. The Morgan fingerprint density at radius 3 is 2.22 bits per heavy atom. The summed E-state index contributed by atoms with van der Waals surface area (Å²) >= 11 is -5.11. The van der Waals surface area contributed by atoms with Gasteiger partial charge < -0.3 is 10.1 Å². The molecule has 1 heterocycles. The van der Waals surface area contributed by atoms with Crippen molar-refractivity contribution in [1.29, 1.82) is 0 Å². The Labute approximate surface area is 208 Å². The third-order valence-corrected chi connectivity index (χ3v) is 7.42. The van der Waals surface area contributed by atoms with Gasteiger partial charge in [-0.05, 0) is 12.1 Å². The molecule has 0 aliphatic heterocycles. The van der Waals surface area contributed by atoms with Gasteiger partial charge in [0.1, 0.15) is 5.69 Å². The number of hydrogen-bond donors (Lipinski definition) is 6. The van der Waals surface area contributed by atoms with Gasteiger partial charge in [0.2, 0.25) is 0 Å². The number of ether oxygens (including phenoxy) is 1.